The largest absolute Gasteiger partial charge is 0.306 e. The topological polar surface area (TPSA) is 27.3 Å². The molecule has 2 unspecified atom stereocenters. The number of hydrogen-bond donors (Lipinski definition) is 2. The van der Waals surface area contributed by atoms with Crippen LogP contribution in [0.1, 0.15) is 25.8 Å². The van der Waals surface area contributed by atoms with Crippen molar-refractivity contribution in [1.29, 1.82) is 0 Å². The van der Waals surface area contributed by atoms with Gasteiger partial charge >= 0.3 is 0 Å². The zero-order chi connectivity index (χ0) is 13.7. The van der Waals surface area contributed by atoms with Gasteiger partial charge in [-0.3, -0.25) is 10.9 Å². The van der Waals surface area contributed by atoms with Crippen LogP contribution in [0.2, 0.25) is 0 Å². The van der Waals surface area contributed by atoms with E-state index in [9.17, 15) is 0 Å². The Bertz CT molecular complexity index is 356. The molecule has 0 amide bonds. The maximum atomic E-state index is 3.33. The summed E-state index contributed by atoms with van der Waals surface area (Å²) < 4.78 is 0. The molecule has 3 heteroatoms. The minimum atomic E-state index is 0.581. The van der Waals surface area contributed by atoms with E-state index in [1.165, 1.54) is 18.5 Å². The average Bonchev–Trinajstić information content (AvgIpc) is 2.75. The van der Waals surface area contributed by atoms with E-state index in [-0.39, 0.29) is 0 Å². The van der Waals surface area contributed by atoms with Crippen molar-refractivity contribution in [1.82, 2.24) is 15.8 Å². The zero-order valence-corrected chi connectivity index (χ0v) is 12.4. The molecule has 0 aromatic heterocycles. The van der Waals surface area contributed by atoms with Gasteiger partial charge in [-0.25, -0.2) is 0 Å². The quantitative estimate of drug-likeness (QED) is 0.821. The first kappa shape index (κ1) is 14.5. The molecule has 106 valence electrons. The van der Waals surface area contributed by atoms with E-state index in [4.69, 9.17) is 0 Å². The highest BCUT2D eigenvalue weighted by molar-refractivity contribution is 5.14. The van der Waals surface area contributed by atoms with Crippen LogP contribution >= 0.6 is 0 Å². The first-order valence-corrected chi connectivity index (χ1v) is 7.40. The molecule has 0 saturated carbocycles. The molecule has 0 spiro atoms. The summed E-state index contributed by atoms with van der Waals surface area (Å²) in [5, 5.41) is 0. The standard InChI is InChI=1S/C16H27N3/c1-13-16(14(2)18-17-13)10-12-19(3)11-9-15-7-5-4-6-8-15/h4-8,13-14,16-18H,9-12H2,1-3H3. The van der Waals surface area contributed by atoms with Crippen molar-refractivity contribution in [3.8, 4) is 0 Å². The Balaban J connectivity index is 1.68. The van der Waals surface area contributed by atoms with Gasteiger partial charge in [0.15, 0.2) is 0 Å². The summed E-state index contributed by atoms with van der Waals surface area (Å²) in [6.07, 6.45) is 2.40. The minimum absolute atomic E-state index is 0.581. The third-order valence-corrected chi connectivity index (χ3v) is 4.29. The van der Waals surface area contributed by atoms with Gasteiger partial charge < -0.3 is 4.90 Å². The second-order valence-corrected chi connectivity index (χ2v) is 5.86. The Morgan fingerprint density at radius 3 is 2.26 bits per heavy atom. The number of nitrogens with zero attached hydrogens (tertiary/aromatic N) is 1. The molecule has 0 bridgehead atoms. The number of hydrogen-bond acceptors (Lipinski definition) is 3. The summed E-state index contributed by atoms with van der Waals surface area (Å²) >= 11 is 0. The van der Waals surface area contributed by atoms with Gasteiger partial charge in [0.1, 0.15) is 0 Å². The van der Waals surface area contributed by atoms with Gasteiger partial charge in [0.2, 0.25) is 0 Å². The summed E-state index contributed by atoms with van der Waals surface area (Å²) in [7, 11) is 2.23. The molecule has 3 nitrogen and oxygen atoms in total. The third-order valence-electron chi connectivity index (χ3n) is 4.29. The molecule has 1 aliphatic rings. The van der Waals surface area contributed by atoms with Crippen molar-refractivity contribution in [2.24, 2.45) is 5.92 Å². The van der Waals surface area contributed by atoms with Crippen LogP contribution in [0, 0.1) is 5.92 Å². The van der Waals surface area contributed by atoms with E-state index in [1.54, 1.807) is 0 Å². The first-order valence-electron chi connectivity index (χ1n) is 7.40. The third kappa shape index (κ3) is 4.30. The summed E-state index contributed by atoms with van der Waals surface area (Å²) in [4.78, 5) is 2.45. The molecule has 19 heavy (non-hydrogen) atoms. The van der Waals surface area contributed by atoms with E-state index in [1.807, 2.05) is 0 Å². The van der Waals surface area contributed by atoms with Gasteiger partial charge in [0.05, 0.1) is 0 Å². The maximum Gasteiger partial charge on any atom is 0.0228 e. The van der Waals surface area contributed by atoms with Crippen LogP contribution in [0.15, 0.2) is 30.3 Å². The van der Waals surface area contributed by atoms with E-state index >= 15 is 0 Å². The van der Waals surface area contributed by atoms with E-state index in [2.05, 4.69) is 67.0 Å². The number of rotatable bonds is 6. The molecule has 1 heterocycles. The van der Waals surface area contributed by atoms with Gasteiger partial charge in [0.25, 0.3) is 0 Å². The van der Waals surface area contributed by atoms with Crippen LogP contribution in [0.3, 0.4) is 0 Å². The fraction of sp³-hybridized carbons (Fsp3) is 0.625. The number of likely N-dealkylation sites (N-methyl/N-ethyl adjacent to an activating group) is 1. The van der Waals surface area contributed by atoms with E-state index in [0.29, 0.717) is 12.1 Å². The number of benzene rings is 1. The van der Waals surface area contributed by atoms with Crippen LogP contribution in [-0.2, 0) is 6.42 Å². The molecule has 2 atom stereocenters. The molecule has 1 aliphatic heterocycles. The fourth-order valence-corrected chi connectivity index (χ4v) is 2.86. The monoisotopic (exact) mass is 261 g/mol. The summed E-state index contributed by atoms with van der Waals surface area (Å²) in [6, 6.07) is 11.9. The molecular weight excluding hydrogens is 234 g/mol. The van der Waals surface area contributed by atoms with Crippen molar-refractivity contribution in [3.05, 3.63) is 35.9 Å². The second-order valence-electron chi connectivity index (χ2n) is 5.86. The molecule has 1 fully saturated rings. The van der Waals surface area contributed by atoms with Crippen molar-refractivity contribution in [2.75, 3.05) is 20.1 Å². The molecular formula is C16H27N3. The van der Waals surface area contributed by atoms with Crippen LogP contribution in [0.5, 0.6) is 0 Å². The molecule has 2 rings (SSSR count). The lowest BCUT2D eigenvalue weighted by Crippen LogP contribution is -2.30. The summed E-state index contributed by atoms with van der Waals surface area (Å²) in [6.45, 7) is 6.85. The Labute approximate surface area is 117 Å². The molecule has 1 saturated heterocycles. The first-order chi connectivity index (χ1) is 9.16. The van der Waals surface area contributed by atoms with Crippen molar-refractivity contribution < 1.29 is 0 Å². The maximum absolute atomic E-state index is 3.33. The van der Waals surface area contributed by atoms with Crippen LogP contribution in [0.25, 0.3) is 0 Å². The van der Waals surface area contributed by atoms with Crippen molar-refractivity contribution >= 4 is 0 Å². The summed E-state index contributed by atoms with van der Waals surface area (Å²) in [5.41, 5.74) is 8.10. The SMILES string of the molecule is CC1NNC(C)C1CCN(C)CCc1ccccc1. The van der Waals surface area contributed by atoms with Crippen LogP contribution in [0.4, 0.5) is 0 Å². The highest BCUT2D eigenvalue weighted by Gasteiger charge is 2.29. The molecule has 0 aliphatic carbocycles. The van der Waals surface area contributed by atoms with Crippen molar-refractivity contribution in [2.45, 2.75) is 38.8 Å². The number of hydrazine groups is 1. The molecule has 1 aromatic rings. The lowest BCUT2D eigenvalue weighted by atomic mass is 9.93. The van der Waals surface area contributed by atoms with Crippen LogP contribution in [-0.4, -0.2) is 37.1 Å². The number of nitrogens with one attached hydrogen (secondary N) is 2. The Morgan fingerprint density at radius 2 is 1.63 bits per heavy atom. The minimum Gasteiger partial charge on any atom is -0.306 e. The Morgan fingerprint density at radius 1 is 1.00 bits per heavy atom. The molecule has 2 N–H and O–H groups in total. The van der Waals surface area contributed by atoms with Gasteiger partial charge in [-0.2, -0.15) is 0 Å². The van der Waals surface area contributed by atoms with Gasteiger partial charge in [0, 0.05) is 18.6 Å². The highest BCUT2D eigenvalue weighted by Crippen LogP contribution is 2.18. The Hall–Kier alpha value is -0.900. The van der Waals surface area contributed by atoms with E-state index in [0.717, 1.165) is 18.9 Å². The smallest absolute Gasteiger partial charge is 0.0228 e. The lowest BCUT2D eigenvalue weighted by Gasteiger charge is -2.22. The van der Waals surface area contributed by atoms with Gasteiger partial charge in [-0.05, 0) is 51.8 Å². The van der Waals surface area contributed by atoms with Crippen LogP contribution < -0.4 is 10.9 Å². The zero-order valence-electron chi connectivity index (χ0n) is 12.4. The average molecular weight is 261 g/mol. The Kier molecular flexibility index (Phi) is 5.37. The second kappa shape index (κ2) is 7.04. The summed E-state index contributed by atoms with van der Waals surface area (Å²) in [5.74, 6) is 0.735. The van der Waals surface area contributed by atoms with E-state index < -0.39 is 0 Å². The molecule has 1 aromatic carbocycles. The molecule has 0 radical (unpaired) electrons. The lowest BCUT2D eigenvalue weighted by molar-refractivity contribution is 0.287. The normalized spacial score (nSPS) is 27.1. The van der Waals surface area contributed by atoms with Gasteiger partial charge in [-0.1, -0.05) is 30.3 Å². The predicted molar refractivity (Wildman–Crippen MR) is 80.9 cm³/mol. The van der Waals surface area contributed by atoms with Crippen molar-refractivity contribution in [3.63, 3.8) is 0 Å². The van der Waals surface area contributed by atoms with Gasteiger partial charge in [-0.15, -0.1) is 0 Å². The fourth-order valence-electron chi connectivity index (χ4n) is 2.86. The highest BCUT2D eigenvalue weighted by atomic mass is 15.4. The predicted octanol–water partition coefficient (Wildman–Crippen LogP) is 2.05.